The lowest BCUT2D eigenvalue weighted by molar-refractivity contribution is 0.0954. The Bertz CT molecular complexity index is 840. The van der Waals surface area contributed by atoms with Crippen molar-refractivity contribution < 1.29 is 9.53 Å². The third-order valence-corrected chi connectivity index (χ3v) is 3.77. The Hall–Kier alpha value is -2.86. The van der Waals surface area contributed by atoms with Gasteiger partial charge >= 0.3 is 0 Å². The molecule has 0 aliphatic heterocycles. The van der Waals surface area contributed by atoms with E-state index < -0.39 is 0 Å². The van der Waals surface area contributed by atoms with Gasteiger partial charge in [0.05, 0.1) is 17.6 Å². The number of rotatable bonds is 6. The number of benzene rings is 2. The number of hydrogen-bond acceptors (Lipinski definition) is 4. The Kier molecular flexibility index (Phi) is 4.77. The van der Waals surface area contributed by atoms with Crippen LogP contribution in [0.5, 0.6) is 5.75 Å². The molecular formula is C18H20N4O2. The van der Waals surface area contributed by atoms with Crippen LogP contribution in [0.1, 0.15) is 30.1 Å². The zero-order chi connectivity index (χ0) is 16.9. The maximum absolute atomic E-state index is 11.6. The molecule has 1 heterocycles. The quantitative estimate of drug-likeness (QED) is 0.281. The molecule has 0 aliphatic carbocycles. The number of nitrogens with two attached hydrogens (primary N) is 1. The van der Waals surface area contributed by atoms with E-state index in [9.17, 15) is 4.79 Å². The fraction of sp³-hybridized carbons (Fsp3) is 0.222. The molecule has 0 unspecified atom stereocenters. The third kappa shape index (κ3) is 3.38. The number of carbonyl (C=O) groups is 1. The van der Waals surface area contributed by atoms with Gasteiger partial charge in [-0.3, -0.25) is 10.2 Å². The standard InChI is InChI=1S/C18H20N4O2/c1-2-3-10-24-14-7-4-12(5-8-14)17-20-15-9-6-13(18(23)22-19)11-16(15)21-17/h4-9,11H,2-3,10,19H2,1H3,(H,20,21)(H,22,23). The molecule has 0 radical (unpaired) electrons. The molecule has 0 atom stereocenters. The monoisotopic (exact) mass is 324 g/mol. The first kappa shape index (κ1) is 16.0. The van der Waals surface area contributed by atoms with E-state index in [1.54, 1.807) is 18.2 Å². The third-order valence-electron chi connectivity index (χ3n) is 3.77. The first-order valence-corrected chi connectivity index (χ1v) is 7.95. The predicted octanol–water partition coefficient (Wildman–Crippen LogP) is 3.01. The Labute approximate surface area is 140 Å². The molecule has 6 heteroatoms. The summed E-state index contributed by atoms with van der Waals surface area (Å²) in [4.78, 5) is 19.4. The molecule has 0 saturated carbocycles. The highest BCUT2D eigenvalue weighted by Crippen LogP contribution is 2.23. The molecule has 0 saturated heterocycles. The van der Waals surface area contributed by atoms with Crippen LogP contribution < -0.4 is 16.0 Å². The summed E-state index contributed by atoms with van der Waals surface area (Å²) >= 11 is 0. The topological polar surface area (TPSA) is 93.0 Å². The first-order chi connectivity index (χ1) is 11.7. The number of aromatic nitrogens is 2. The molecule has 3 aromatic rings. The molecule has 0 fully saturated rings. The zero-order valence-electron chi connectivity index (χ0n) is 13.5. The van der Waals surface area contributed by atoms with E-state index in [1.165, 1.54) is 0 Å². The zero-order valence-corrected chi connectivity index (χ0v) is 13.5. The van der Waals surface area contributed by atoms with Gasteiger partial charge in [0, 0.05) is 11.1 Å². The average Bonchev–Trinajstić information content (AvgIpc) is 3.05. The number of unbranched alkanes of at least 4 members (excludes halogenated alkanes) is 1. The molecule has 3 rings (SSSR count). The van der Waals surface area contributed by atoms with Crippen LogP contribution in [0.4, 0.5) is 0 Å². The van der Waals surface area contributed by atoms with E-state index >= 15 is 0 Å². The van der Waals surface area contributed by atoms with Gasteiger partial charge in [0.2, 0.25) is 0 Å². The molecule has 124 valence electrons. The smallest absolute Gasteiger partial charge is 0.265 e. The number of fused-ring (bicyclic) bond motifs is 1. The second-order valence-corrected chi connectivity index (χ2v) is 5.52. The van der Waals surface area contributed by atoms with E-state index in [1.807, 2.05) is 24.3 Å². The van der Waals surface area contributed by atoms with Crippen molar-refractivity contribution in [1.82, 2.24) is 15.4 Å². The summed E-state index contributed by atoms with van der Waals surface area (Å²) in [7, 11) is 0. The van der Waals surface area contributed by atoms with Gasteiger partial charge < -0.3 is 9.72 Å². The van der Waals surface area contributed by atoms with Crippen molar-refractivity contribution in [1.29, 1.82) is 0 Å². The first-order valence-electron chi connectivity index (χ1n) is 7.95. The van der Waals surface area contributed by atoms with Gasteiger partial charge in [-0.25, -0.2) is 10.8 Å². The number of nitrogens with one attached hydrogen (secondary N) is 2. The molecule has 1 aromatic heterocycles. The normalized spacial score (nSPS) is 10.8. The summed E-state index contributed by atoms with van der Waals surface area (Å²) in [5.41, 5.74) is 5.15. The number of amides is 1. The van der Waals surface area contributed by atoms with Gasteiger partial charge in [-0.2, -0.15) is 0 Å². The second-order valence-electron chi connectivity index (χ2n) is 5.52. The van der Waals surface area contributed by atoms with Gasteiger partial charge in [-0.1, -0.05) is 13.3 Å². The van der Waals surface area contributed by atoms with E-state index in [0.717, 1.165) is 47.6 Å². The second kappa shape index (κ2) is 7.14. The van der Waals surface area contributed by atoms with Crippen molar-refractivity contribution >= 4 is 16.9 Å². The predicted molar refractivity (Wildman–Crippen MR) is 93.6 cm³/mol. The molecule has 4 N–H and O–H groups in total. The van der Waals surface area contributed by atoms with Gasteiger partial charge in [0.15, 0.2) is 0 Å². The van der Waals surface area contributed by atoms with E-state index in [0.29, 0.717) is 5.56 Å². The minimum absolute atomic E-state index is 0.332. The lowest BCUT2D eigenvalue weighted by Gasteiger charge is -2.05. The summed E-state index contributed by atoms with van der Waals surface area (Å²) in [6.07, 6.45) is 2.16. The van der Waals surface area contributed by atoms with Crippen molar-refractivity contribution in [3.8, 4) is 17.1 Å². The summed E-state index contributed by atoms with van der Waals surface area (Å²) in [6.45, 7) is 2.86. The summed E-state index contributed by atoms with van der Waals surface area (Å²) in [5.74, 6) is 6.43. The number of nitrogen functional groups attached to an aromatic ring is 1. The number of hydrogen-bond donors (Lipinski definition) is 3. The SMILES string of the molecule is CCCCOc1ccc(-c2nc3ccc(C(=O)NN)cc3[nH]2)cc1. The minimum Gasteiger partial charge on any atom is -0.494 e. The van der Waals surface area contributed by atoms with Crippen LogP contribution in [0.3, 0.4) is 0 Å². The Morgan fingerprint density at radius 2 is 2.04 bits per heavy atom. The maximum atomic E-state index is 11.6. The highest BCUT2D eigenvalue weighted by Gasteiger charge is 2.09. The molecule has 2 aromatic carbocycles. The number of carbonyl (C=O) groups excluding carboxylic acids is 1. The van der Waals surface area contributed by atoms with Crippen molar-refractivity contribution in [2.45, 2.75) is 19.8 Å². The van der Waals surface area contributed by atoms with Gasteiger partial charge in [-0.15, -0.1) is 0 Å². The summed E-state index contributed by atoms with van der Waals surface area (Å²) in [6, 6.07) is 13.0. The molecule has 0 aliphatic rings. The molecule has 0 spiro atoms. The average molecular weight is 324 g/mol. The fourth-order valence-electron chi connectivity index (χ4n) is 2.41. The van der Waals surface area contributed by atoms with E-state index in [-0.39, 0.29) is 5.91 Å². The van der Waals surface area contributed by atoms with Crippen LogP contribution in [0.25, 0.3) is 22.4 Å². The summed E-state index contributed by atoms with van der Waals surface area (Å²) < 4.78 is 5.66. The largest absolute Gasteiger partial charge is 0.494 e. The maximum Gasteiger partial charge on any atom is 0.265 e. The van der Waals surface area contributed by atoms with E-state index in [2.05, 4.69) is 22.3 Å². The molecule has 6 nitrogen and oxygen atoms in total. The molecule has 24 heavy (non-hydrogen) atoms. The highest BCUT2D eigenvalue weighted by atomic mass is 16.5. The number of ether oxygens (including phenoxy) is 1. The number of hydrazine groups is 1. The lowest BCUT2D eigenvalue weighted by atomic mass is 10.2. The number of aromatic amines is 1. The van der Waals surface area contributed by atoms with Gasteiger partial charge in [0.25, 0.3) is 5.91 Å². The van der Waals surface area contributed by atoms with Crippen molar-refractivity contribution in [2.75, 3.05) is 6.61 Å². The van der Waals surface area contributed by atoms with Crippen molar-refractivity contribution in [3.63, 3.8) is 0 Å². The highest BCUT2D eigenvalue weighted by molar-refractivity contribution is 5.97. The number of H-pyrrole nitrogens is 1. The van der Waals surface area contributed by atoms with E-state index in [4.69, 9.17) is 10.6 Å². The molecule has 0 bridgehead atoms. The summed E-state index contributed by atoms with van der Waals surface area (Å²) in [5, 5.41) is 0. The molecule has 1 amide bonds. The Morgan fingerprint density at radius 3 is 2.75 bits per heavy atom. The van der Waals surface area contributed by atoms with Crippen molar-refractivity contribution in [3.05, 3.63) is 48.0 Å². The van der Waals surface area contributed by atoms with Crippen LogP contribution in [-0.4, -0.2) is 22.5 Å². The van der Waals surface area contributed by atoms with Crippen LogP contribution in [0, 0.1) is 0 Å². The van der Waals surface area contributed by atoms with Crippen LogP contribution in [-0.2, 0) is 0 Å². The Morgan fingerprint density at radius 1 is 1.25 bits per heavy atom. The molecular weight excluding hydrogens is 304 g/mol. The van der Waals surface area contributed by atoms with Crippen LogP contribution >= 0.6 is 0 Å². The van der Waals surface area contributed by atoms with Gasteiger partial charge in [-0.05, 0) is 48.9 Å². The minimum atomic E-state index is -0.332. The fourth-order valence-corrected chi connectivity index (χ4v) is 2.41. The van der Waals surface area contributed by atoms with Crippen molar-refractivity contribution in [2.24, 2.45) is 5.84 Å². The number of imidazole rings is 1. The van der Waals surface area contributed by atoms with Crippen LogP contribution in [0.15, 0.2) is 42.5 Å². The van der Waals surface area contributed by atoms with Gasteiger partial charge in [0.1, 0.15) is 11.6 Å². The lowest BCUT2D eigenvalue weighted by Crippen LogP contribution is -2.29. The Balaban J connectivity index is 1.82. The van der Waals surface area contributed by atoms with Crippen LogP contribution in [0.2, 0.25) is 0 Å². The number of nitrogens with zero attached hydrogens (tertiary/aromatic N) is 1.